The van der Waals surface area contributed by atoms with E-state index in [1.165, 1.54) is 25.7 Å². The van der Waals surface area contributed by atoms with Crippen molar-refractivity contribution >= 4 is 5.97 Å². The Morgan fingerprint density at radius 1 is 0.862 bits per heavy atom. The van der Waals surface area contributed by atoms with Crippen LogP contribution in [0.15, 0.2) is 30.3 Å². The number of carboxylic acids is 1. The molecule has 0 amide bonds. The van der Waals surface area contributed by atoms with Crippen LogP contribution in [0.1, 0.15) is 102 Å². The van der Waals surface area contributed by atoms with Gasteiger partial charge in [0, 0.05) is 6.42 Å². The highest BCUT2D eigenvalue weighted by molar-refractivity contribution is 5.66. The minimum atomic E-state index is -0.695. The molecule has 0 aromatic heterocycles. The van der Waals surface area contributed by atoms with E-state index in [1.807, 2.05) is 18.2 Å². The molecule has 1 rings (SSSR count). The predicted molar refractivity (Wildman–Crippen MR) is 119 cm³/mol. The zero-order chi connectivity index (χ0) is 21.2. The van der Waals surface area contributed by atoms with Gasteiger partial charge in [0.05, 0.1) is 18.8 Å². The van der Waals surface area contributed by atoms with Crippen LogP contribution in [0.2, 0.25) is 0 Å². The zero-order valence-corrected chi connectivity index (χ0v) is 18.4. The van der Waals surface area contributed by atoms with Gasteiger partial charge in [0.15, 0.2) is 0 Å². The van der Waals surface area contributed by atoms with Gasteiger partial charge in [-0.1, -0.05) is 101 Å². The molecule has 1 aromatic rings. The molecule has 0 saturated heterocycles. The summed E-state index contributed by atoms with van der Waals surface area (Å²) in [5, 5.41) is 19.3. The van der Waals surface area contributed by atoms with Gasteiger partial charge in [-0.2, -0.15) is 0 Å². The Hall–Kier alpha value is -1.39. The number of benzene rings is 1. The van der Waals surface area contributed by atoms with Gasteiger partial charge in [0.2, 0.25) is 0 Å². The van der Waals surface area contributed by atoms with Crippen LogP contribution in [0.5, 0.6) is 0 Å². The summed E-state index contributed by atoms with van der Waals surface area (Å²) in [6.45, 7) is 2.76. The number of hydrogen-bond acceptors (Lipinski definition) is 3. The summed E-state index contributed by atoms with van der Waals surface area (Å²) in [6.07, 6.45) is 13.7. The molecule has 2 unspecified atom stereocenters. The summed E-state index contributed by atoms with van der Waals surface area (Å²) in [7, 11) is 0. The maximum Gasteiger partial charge on any atom is 0.303 e. The highest BCUT2D eigenvalue weighted by Crippen LogP contribution is 2.19. The molecule has 0 aliphatic carbocycles. The van der Waals surface area contributed by atoms with Gasteiger partial charge in [0.25, 0.3) is 0 Å². The van der Waals surface area contributed by atoms with Gasteiger partial charge >= 0.3 is 5.97 Å². The summed E-state index contributed by atoms with van der Waals surface area (Å²) < 4.78 is 6.12. The molecular formula is C25H42O4. The van der Waals surface area contributed by atoms with Crippen LogP contribution in [-0.2, 0) is 16.1 Å². The Labute approximate surface area is 177 Å². The first-order chi connectivity index (χ1) is 14.1. The van der Waals surface area contributed by atoms with E-state index in [4.69, 9.17) is 9.84 Å². The van der Waals surface area contributed by atoms with Crippen molar-refractivity contribution in [1.29, 1.82) is 0 Å². The van der Waals surface area contributed by atoms with Gasteiger partial charge < -0.3 is 14.9 Å². The van der Waals surface area contributed by atoms with Gasteiger partial charge in [-0.15, -0.1) is 0 Å². The first-order valence-corrected chi connectivity index (χ1v) is 11.7. The van der Waals surface area contributed by atoms with Crippen LogP contribution in [-0.4, -0.2) is 28.4 Å². The van der Waals surface area contributed by atoms with E-state index in [2.05, 4.69) is 19.1 Å². The number of carbonyl (C=O) groups is 1. The Morgan fingerprint density at radius 2 is 1.45 bits per heavy atom. The van der Waals surface area contributed by atoms with E-state index < -0.39 is 5.97 Å². The molecule has 2 atom stereocenters. The molecule has 0 aliphatic rings. The molecule has 4 nitrogen and oxygen atoms in total. The number of unbranched alkanes of at least 4 members (excludes halogenated alkanes) is 9. The number of aliphatic hydroxyl groups is 1. The molecular weight excluding hydrogens is 364 g/mol. The Morgan fingerprint density at radius 3 is 2.10 bits per heavy atom. The monoisotopic (exact) mass is 406 g/mol. The van der Waals surface area contributed by atoms with E-state index >= 15 is 0 Å². The van der Waals surface area contributed by atoms with Crippen molar-refractivity contribution < 1.29 is 19.7 Å². The second kappa shape index (κ2) is 17.5. The number of aliphatic carboxylic acids is 1. The summed E-state index contributed by atoms with van der Waals surface area (Å²) in [5.74, 6) is -0.695. The summed E-state index contributed by atoms with van der Waals surface area (Å²) in [5.41, 5.74) is 1.15. The molecule has 0 bridgehead atoms. The van der Waals surface area contributed by atoms with Crippen molar-refractivity contribution in [3.63, 3.8) is 0 Å². The molecule has 0 heterocycles. The van der Waals surface area contributed by atoms with Crippen LogP contribution in [0.4, 0.5) is 0 Å². The van der Waals surface area contributed by atoms with Crippen molar-refractivity contribution in [2.45, 2.75) is 116 Å². The molecule has 0 radical (unpaired) electrons. The van der Waals surface area contributed by atoms with Gasteiger partial charge in [-0.25, -0.2) is 0 Å². The number of aliphatic hydroxyl groups excluding tert-OH is 1. The molecule has 4 heteroatoms. The fourth-order valence-corrected chi connectivity index (χ4v) is 3.64. The highest BCUT2D eigenvalue weighted by Gasteiger charge is 2.19. The second-order valence-corrected chi connectivity index (χ2v) is 8.16. The predicted octanol–water partition coefficient (Wildman–Crippen LogP) is 6.50. The maximum atomic E-state index is 10.7. The zero-order valence-electron chi connectivity index (χ0n) is 18.4. The lowest BCUT2D eigenvalue weighted by Gasteiger charge is -2.24. The van der Waals surface area contributed by atoms with Crippen molar-refractivity contribution in [2.24, 2.45) is 0 Å². The van der Waals surface area contributed by atoms with Crippen LogP contribution in [0.3, 0.4) is 0 Å². The average Bonchev–Trinajstić information content (AvgIpc) is 2.72. The first kappa shape index (κ1) is 25.6. The van der Waals surface area contributed by atoms with Gasteiger partial charge in [0.1, 0.15) is 0 Å². The highest BCUT2D eigenvalue weighted by atomic mass is 16.5. The standard InChI is InChI=1S/C25H42O4/c1-2-3-4-13-18-23(26)24(29-21-22-16-11-10-12-17-22)19-14-8-6-5-7-9-15-20-25(27)28/h10-12,16-17,23-24,26H,2-9,13-15,18-21H2,1H3,(H,27,28). The molecule has 0 saturated carbocycles. The van der Waals surface area contributed by atoms with Crippen molar-refractivity contribution in [1.82, 2.24) is 0 Å². The van der Waals surface area contributed by atoms with Crippen molar-refractivity contribution in [2.75, 3.05) is 0 Å². The number of hydrogen-bond donors (Lipinski definition) is 2. The van der Waals surface area contributed by atoms with Crippen LogP contribution in [0.25, 0.3) is 0 Å². The first-order valence-electron chi connectivity index (χ1n) is 11.7. The van der Waals surface area contributed by atoms with E-state index in [0.29, 0.717) is 6.61 Å². The third-order valence-electron chi connectivity index (χ3n) is 5.47. The van der Waals surface area contributed by atoms with E-state index in [-0.39, 0.29) is 18.6 Å². The van der Waals surface area contributed by atoms with Crippen LogP contribution >= 0.6 is 0 Å². The molecule has 166 valence electrons. The number of rotatable bonds is 19. The third kappa shape index (κ3) is 14.3. The molecule has 2 N–H and O–H groups in total. The normalized spacial score (nSPS) is 13.3. The summed E-state index contributed by atoms with van der Waals surface area (Å²) in [6, 6.07) is 10.2. The topological polar surface area (TPSA) is 66.8 Å². The Bertz CT molecular complexity index is 503. The summed E-state index contributed by atoms with van der Waals surface area (Å²) in [4.78, 5) is 10.5. The molecule has 29 heavy (non-hydrogen) atoms. The largest absolute Gasteiger partial charge is 0.481 e. The molecule has 1 aromatic carbocycles. The summed E-state index contributed by atoms with van der Waals surface area (Å²) >= 11 is 0. The van der Waals surface area contributed by atoms with E-state index in [1.54, 1.807) is 0 Å². The number of ether oxygens (including phenoxy) is 1. The number of carboxylic acid groups (broad SMARTS) is 1. The molecule has 0 aliphatic heterocycles. The SMILES string of the molecule is CCCCCCC(O)C(CCCCCCCCCC(=O)O)OCc1ccccc1. The minimum Gasteiger partial charge on any atom is -0.481 e. The smallest absolute Gasteiger partial charge is 0.303 e. The lowest BCUT2D eigenvalue weighted by molar-refractivity contribution is -0.137. The Balaban J connectivity index is 2.26. The van der Waals surface area contributed by atoms with Crippen LogP contribution < -0.4 is 0 Å². The van der Waals surface area contributed by atoms with Crippen molar-refractivity contribution in [3.05, 3.63) is 35.9 Å². The molecule has 0 fully saturated rings. The maximum absolute atomic E-state index is 10.7. The lowest BCUT2D eigenvalue weighted by atomic mass is 9.99. The van der Waals surface area contributed by atoms with Gasteiger partial charge in [-0.3, -0.25) is 4.79 Å². The minimum absolute atomic E-state index is 0.0904. The fraction of sp³-hybridized carbons (Fsp3) is 0.720. The lowest BCUT2D eigenvalue weighted by Crippen LogP contribution is -2.29. The molecule has 0 spiro atoms. The van der Waals surface area contributed by atoms with E-state index in [9.17, 15) is 9.90 Å². The van der Waals surface area contributed by atoms with Crippen molar-refractivity contribution in [3.8, 4) is 0 Å². The fourth-order valence-electron chi connectivity index (χ4n) is 3.64. The second-order valence-electron chi connectivity index (χ2n) is 8.16. The van der Waals surface area contributed by atoms with Gasteiger partial charge in [-0.05, 0) is 24.8 Å². The quantitative estimate of drug-likeness (QED) is 0.257. The average molecular weight is 407 g/mol. The Kier molecular flexibility index (Phi) is 15.4. The van der Waals surface area contributed by atoms with E-state index in [0.717, 1.165) is 63.4 Å². The van der Waals surface area contributed by atoms with Crippen LogP contribution in [0, 0.1) is 0 Å². The third-order valence-corrected chi connectivity index (χ3v) is 5.47.